The molecule has 0 aliphatic rings. The van der Waals surface area contributed by atoms with Crippen molar-refractivity contribution in [2.24, 2.45) is 10.4 Å². The van der Waals surface area contributed by atoms with E-state index in [1.54, 1.807) is 0 Å². The molecule has 0 fully saturated rings. The minimum absolute atomic E-state index is 0.187. The lowest BCUT2D eigenvalue weighted by atomic mass is 10.7. The van der Waals surface area contributed by atoms with E-state index in [0.29, 0.717) is 0 Å². The van der Waals surface area contributed by atoms with Gasteiger partial charge in [-0.3, -0.25) is 8.74 Å². The summed E-state index contributed by atoms with van der Waals surface area (Å²) in [5.74, 6) is 0. The maximum absolute atomic E-state index is 9.96. The van der Waals surface area contributed by atoms with Crippen molar-refractivity contribution in [3.05, 3.63) is 12.7 Å². The zero-order valence-corrected chi connectivity index (χ0v) is 10.4. The van der Waals surface area contributed by atoms with E-state index < -0.39 is 19.7 Å². The molecule has 0 amide bonds. The second kappa shape index (κ2) is 8.41. The normalized spacial score (nSPS) is 11.7. The van der Waals surface area contributed by atoms with E-state index in [2.05, 4.69) is 36.1 Å². The standard InChI is InChI=1S/C3H5ClN2O3S.CH4O4S/c1-2-3-5-6-9-10(4,7)8;1-5-6(2,3)4/h2H,1,3H2;1H3,(H,2,3,4). The fraction of sp³-hybridized carbons (Fsp3) is 0.500. The predicted molar refractivity (Wildman–Crippen MR) is 54.3 cm³/mol. The molecule has 0 saturated carbocycles. The molecule has 0 radical (unpaired) electrons. The summed E-state index contributed by atoms with van der Waals surface area (Å²) in [6.07, 6.45) is 1.42. The van der Waals surface area contributed by atoms with Crippen LogP contribution in [-0.2, 0) is 28.2 Å². The van der Waals surface area contributed by atoms with Crippen molar-refractivity contribution in [2.45, 2.75) is 0 Å². The van der Waals surface area contributed by atoms with Gasteiger partial charge in [0, 0.05) is 5.28 Å². The van der Waals surface area contributed by atoms with Crippen LogP contribution < -0.4 is 0 Å². The topological polar surface area (TPSA) is 132 Å². The average Bonchev–Trinajstić information content (AvgIpc) is 2.11. The highest BCUT2D eigenvalue weighted by atomic mass is 35.7. The lowest BCUT2D eigenvalue weighted by Gasteiger charge is -1.85. The van der Waals surface area contributed by atoms with E-state index >= 15 is 0 Å². The summed E-state index contributed by atoms with van der Waals surface area (Å²) in [6.45, 7) is 3.49. The first-order chi connectivity index (χ1) is 7.12. The van der Waals surface area contributed by atoms with Crippen molar-refractivity contribution in [2.75, 3.05) is 13.7 Å². The zero-order chi connectivity index (χ0) is 13.2. The molecule has 12 heteroatoms. The van der Waals surface area contributed by atoms with Crippen LogP contribution in [0.25, 0.3) is 0 Å². The van der Waals surface area contributed by atoms with Crippen LogP contribution in [0.4, 0.5) is 0 Å². The van der Waals surface area contributed by atoms with Gasteiger partial charge in [-0.1, -0.05) is 6.08 Å². The second-order valence-corrected chi connectivity index (χ2v) is 5.01. The molecule has 0 rings (SSSR count). The van der Waals surface area contributed by atoms with Crippen molar-refractivity contribution in [1.29, 1.82) is 0 Å². The van der Waals surface area contributed by atoms with E-state index in [1.807, 2.05) is 0 Å². The molecule has 0 aromatic heterocycles. The van der Waals surface area contributed by atoms with Gasteiger partial charge in [0.05, 0.1) is 24.3 Å². The van der Waals surface area contributed by atoms with Crippen molar-refractivity contribution >= 4 is 30.4 Å². The van der Waals surface area contributed by atoms with Gasteiger partial charge in [-0.15, -0.1) is 11.7 Å². The minimum Gasteiger partial charge on any atom is -0.264 e. The van der Waals surface area contributed by atoms with Gasteiger partial charge in [-0.2, -0.15) is 16.8 Å². The van der Waals surface area contributed by atoms with Gasteiger partial charge < -0.3 is 0 Å². The molecule has 0 heterocycles. The van der Waals surface area contributed by atoms with Crippen LogP contribution in [0.1, 0.15) is 0 Å². The molecule has 0 bridgehead atoms. The van der Waals surface area contributed by atoms with Crippen molar-refractivity contribution in [3.63, 3.8) is 0 Å². The summed E-state index contributed by atoms with van der Waals surface area (Å²) in [5, 5.41) is 5.96. The van der Waals surface area contributed by atoms with Gasteiger partial charge in [-0.05, 0) is 0 Å². The van der Waals surface area contributed by atoms with Crippen LogP contribution >= 0.6 is 10.7 Å². The number of rotatable bonds is 5. The maximum Gasteiger partial charge on any atom is 0.421 e. The van der Waals surface area contributed by atoms with Gasteiger partial charge in [-0.25, -0.2) is 4.28 Å². The highest BCUT2D eigenvalue weighted by Crippen LogP contribution is 1.98. The van der Waals surface area contributed by atoms with Crippen LogP contribution in [0.2, 0.25) is 0 Å². The van der Waals surface area contributed by atoms with Crippen molar-refractivity contribution in [1.82, 2.24) is 0 Å². The molecule has 0 aliphatic heterocycles. The molecule has 0 aromatic carbocycles. The fourth-order valence-corrected chi connectivity index (χ4v) is 0.357. The minimum atomic E-state index is -4.16. The monoisotopic (exact) mass is 296 g/mol. The molecule has 1 N–H and O–H groups in total. The molecule has 9 nitrogen and oxygen atoms in total. The van der Waals surface area contributed by atoms with E-state index in [9.17, 15) is 16.8 Å². The summed E-state index contributed by atoms with van der Waals surface area (Å²) in [6, 6.07) is 0. The summed E-state index contributed by atoms with van der Waals surface area (Å²) in [5.41, 5.74) is 0. The van der Waals surface area contributed by atoms with Gasteiger partial charge in [0.2, 0.25) is 0 Å². The number of hydrogen-bond acceptors (Lipinski definition) is 8. The zero-order valence-electron chi connectivity index (χ0n) is 7.98. The largest absolute Gasteiger partial charge is 0.421 e. The van der Waals surface area contributed by atoms with Crippen molar-refractivity contribution < 1.29 is 29.9 Å². The van der Waals surface area contributed by atoms with Crippen LogP contribution in [-0.4, -0.2) is 35.0 Å². The Kier molecular flexibility index (Phi) is 9.27. The van der Waals surface area contributed by atoms with Crippen molar-refractivity contribution in [3.8, 4) is 0 Å². The summed E-state index contributed by atoms with van der Waals surface area (Å²) in [4.78, 5) is 0. The van der Waals surface area contributed by atoms with Gasteiger partial charge >= 0.3 is 19.7 Å². The Labute approximate surface area is 97.3 Å². The third kappa shape index (κ3) is 23.2. The Morgan fingerprint density at radius 3 is 2.12 bits per heavy atom. The van der Waals surface area contributed by atoms with Crippen LogP contribution in [0.3, 0.4) is 0 Å². The number of hydrogen-bond donors (Lipinski definition) is 1. The first kappa shape index (κ1) is 17.6. The van der Waals surface area contributed by atoms with Gasteiger partial charge in [0.25, 0.3) is 0 Å². The first-order valence-electron chi connectivity index (χ1n) is 3.26. The summed E-state index contributed by atoms with van der Waals surface area (Å²) >= 11 is 0. The third-order valence-corrected chi connectivity index (χ3v) is 1.44. The highest BCUT2D eigenvalue weighted by Gasteiger charge is 2.01. The first-order valence-corrected chi connectivity index (χ1v) is 6.86. The highest BCUT2D eigenvalue weighted by molar-refractivity contribution is 8.09. The summed E-state index contributed by atoms with van der Waals surface area (Å²) < 4.78 is 53.3. The molecule has 0 unspecified atom stereocenters. The lowest BCUT2D eigenvalue weighted by molar-refractivity contribution is 0.319. The van der Waals surface area contributed by atoms with E-state index in [4.69, 9.17) is 4.55 Å². The van der Waals surface area contributed by atoms with Gasteiger partial charge in [0.15, 0.2) is 0 Å². The van der Waals surface area contributed by atoms with Crippen LogP contribution in [0.15, 0.2) is 23.0 Å². The molecule has 0 atom stereocenters. The Morgan fingerprint density at radius 1 is 1.44 bits per heavy atom. The predicted octanol–water partition coefficient (Wildman–Crippen LogP) is 0.475. The Hall–Kier alpha value is -0.750. The number of halogens is 1. The average molecular weight is 297 g/mol. The SMILES string of the molecule is C=CCN=NOS(=O)(=O)Cl.COS(=O)(=O)O. The van der Waals surface area contributed by atoms with Gasteiger partial charge in [0.1, 0.15) is 0 Å². The van der Waals surface area contributed by atoms with Crippen LogP contribution in [0.5, 0.6) is 0 Å². The molecule has 96 valence electrons. The second-order valence-electron chi connectivity index (χ2n) is 1.76. The quantitative estimate of drug-likeness (QED) is 0.256. The molecular weight excluding hydrogens is 288 g/mol. The fourth-order valence-electron chi connectivity index (χ4n) is 0.154. The molecule has 16 heavy (non-hydrogen) atoms. The summed E-state index contributed by atoms with van der Waals surface area (Å²) in [7, 11) is -2.74. The third-order valence-electron chi connectivity index (χ3n) is 0.601. The van der Waals surface area contributed by atoms with Crippen LogP contribution in [0, 0.1) is 0 Å². The van der Waals surface area contributed by atoms with E-state index in [0.717, 1.165) is 7.11 Å². The number of nitrogens with zero attached hydrogens (tertiary/aromatic N) is 2. The lowest BCUT2D eigenvalue weighted by Crippen LogP contribution is -1.96. The molecule has 0 saturated heterocycles. The Bertz CT molecular complexity index is 414. The molecule has 0 aromatic rings. The Balaban J connectivity index is 0. The van der Waals surface area contributed by atoms with E-state index in [-0.39, 0.29) is 6.54 Å². The molecular formula is C4H9ClN2O7S2. The smallest absolute Gasteiger partial charge is 0.264 e. The molecule has 0 aliphatic carbocycles. The maximum atomic E-state index is 9.96. The Morgan fingerprint density at radius 2 is 1.88 bits per heavy atom. The van der Waals surface area contributed by atoms with E-state index in [1.165, 1.54) is 6.08 Å². The molecule has 0 spiro atoms.